The lowest BCUT2D eigenvalue weighted by molar-refractivity contribution is 0.328. The van der Waals surface area contributed by atoms with Crippen LogP contribution in [0.4, 0.5) is 4.39 Å². The molecule has 0 saturated heterocycles. The van der Waals surface area contributed by atoms with Crippen LogP contribution in [0.15, 0.2) is 27.3 Å². The van der Waals surface area contributed by atoms with Crippen LogP contribution in [0.5, 0.6) is 5.95 Å². The maximum Gasteiger partial charge on any atom is 0.294 e. The minimum atomic E-state index is -0.487. The number of hydrogen-bond donors (Lipinski definition) is 1. The van der Waals surface area contributed by atoms with E-state index in [1.807, 2.05) is 0 Å². The van der Waals surface area contributed by atoms with Gasteiger partial charge in [0, 0.05) is 5.39 Å². The van der Waals surface area contributed by atoms with Gasteiger partial charge in [-0.25, -0.2) is 4.39 Å². The van der Waals surface area contributed by atoms with Crippen molar-refractivity contribution in [3.63, 3.8) is 0 Å². The normalized spacial score (nSPS) is 10.8. The van der Waals surface area contributed by atoms with Crippen LogP contribution in [-0.2, 0) is 0 Å². The maximum absolute atomic E-state index is 13.0. The summed E-state index contributed by atoms with van der Waals surface area (Å²) in [5.74, 6) is -0.880. The highest BCUT2D eigenvalue weighted by atomic mass is 79.9. The van der Waals surface area contributed by atoms with Gasteiger partial charge in [-0.05, 0) is 28.1 Å². The lowest BCUT2D eigenvalue weighted by atomic mass is 10.2. The molecule has 62 valence electrons. The third-order valence-electron chi connectivity index (χ3n) is 1.63. The Morgan fingerprint density at radius 3 is 2.83 bits per heavy atom. The first kappa shape index (κ1) is 7.61. The highest BCUT2D eigenvalue weighted by Crippen LogP contribution is 2.35. The molecule has 1 aromatic carbocycles. The number of halogens is 2. The molecule has 0 amide bonds. The minimum Gasteiger partial charge on any atom is -0.480 e. The molecule has 0 aliphatic heterocycles. The molecule has 12 heavy (non-hydrogen) atoms. The largest absolute Gasteiger partial charge is 0.480 e. The Bertz CT molecular complexity index is 436. The average molecular weight is 231 g/mol. The van der Waals surface area contributed by atoms with Crippen LogP contribution in [0.2, 0.25) is 0 Å². The van der Waals surface area contributed by atoms with Crippen LogP contribution in [0.3, 0.4) is 0 Å². The molecule has 1 aromatic heterocycles. The molecule has 0 spiro atoms. The fraction of sp³-hybridized carbons (Fsp3) is 0. The summed E-state index contributed by atoms with van der Waals surface area (Å²) in [5.41, 5.74) is 0. The van der Waals surface area contributed by atoms with E-state index in [0.717, 1.165) is 0 Å². The van der Waals surface area contributed by atoms with Crippen molar-refractivity contribution in [2.75, 3.05) is 0 Å². The fourth-order valence-corrected chi connectivity index (χ4v) is 1.58. The van der Waals surface area contributed by atoms with E-state index in [1.54, 1.807) is 12.1 Å². The van der Waals surface area contributed by atoms with Crippen LogP contribution in [-0.4, -0.2) is 5.11 Å². The molecule has 0 aliphatic rings. The second kappa shape index (κ2) is 2.48. The Morgan fingerprint density at radius 1 is 1.42 bits per heavy atom. The van der Waals surface area contributed by atoms with Crippen molar-refractivity contribution in [3.8, 4) is 5.95 Å². The van der Waals surface area contributed by atoms with Gasteiger partial charge in [-0.1, -0.05) is 6.07 Å². The fourth-order valence-electron chi connectivity index (χ4n) is 1.10. The lowest BCUT2D eigenvalue weighted by Gasteiger charge is -1.89. The summed E-state index contributed by atoms with van der Waals surface area (Å²) in [4.78, 5) is 0. The molecular weight excluding hydrogens is 227 g/mol. The number of rotatable bonds is 0. The van der Waals surface area contributed by atoms with E-state index >= 15 is 0 Å². The molecule has 4 heteroatoms. The molecule has 0 unspecified atom stereocenters. The zero-order valence-electron chi connectivity index (χ0n) is 5.84. The molecular formula is C8H4BrFO2. The Labute approximate surface area is 75.7 Å². The van der Waals surface area contributed by atoms with Crippen molar-refractivity contribution in [2.45, 2.75) is 0 Å². The lowest BCUT2D eigenvalue weighted by Crippen LogP contribution is -1.73. The number of benzene rings is 1. The van der Waals surface area contributed by atoms with Gasteiger partial charge in [0.2, 0.25) is 0 Å². The topological polar surface area (TPSA) is 33.4 Å². The molecule has 0 bridgehead atoms. The van der Waals surface area contributed by atoms with Gasteiger partial charge in [0.05, 0.1) is 0 Å². The van der Waals surface area contributed by atoms with E-state index in [2.05, 4.69) is 15.9 Å². The molecule has 1 heterocycles. The summed E-state index contributed by atoms with van der Waals surface area (Å²) in [6.07, 6.45) is 0. The second-order valence-electron chi connectivity index (χ2n) is 2.34. The highest BCUT2D eigenvalue weighted by molar-refractivity contribution is 9.10. The van der Waals surface area contributed by atoms with Gasteiger partial charge in [0.1, 0.15) is 11.2 Å². The second-order valence-corrected chi connectivity index (χ2v) is 3.06. The standard InChI is InChI=1S/C8H4BrFO2/c9-7-4-2-1-3-5(10)6(4)8(11)12-7/h1-3,11H. The monoisotopic (exact) mass is 230 g/mol. The summed E-state index contributed by atoms with van der Waals surface area (Å²) in [5, 5.41) is 9.79. The van der Waals surface area contributed by atoms with Gasteiger partial charge >= 0.3 is 0 Å². The van der Waals surface area contributed by atoms with Crippen molar-refractivity contribution in [1.29, 1.82) is 0 Å². The molecule has 0 atom stereocenters. The predicted molar refractivity (Wildman–Crippen MR) is 45.5 cm³/mol. The van der Waals surface area contributed by atoms with Crippen molar-refractivity contribution >= 4 is 26.7 Å². The van der Waals surface area contributed by atoms with E-state index in [0.29, 0.717) is 10.1 Å². The number of hydrogen-bond acceptors (Lipinski definition) is 2. The van der Waals surface area contributed by atoms with Crippen LogP contribution in [0, 0.1) is 5.82 Å². The maximum atomic E-state index is 13.0. The minimum absolute atomic E-state index is 0.115. The van der Waals surface area contributed by atoms with E-state index < -0.39 is 11.8 Å². The first-order chi connectivity index (χ1) is 5.70. The quantitative estimate of drug-likeness (QED) is 0.755. The summed E-state index contributed by atoms with van der Waals surface area (Å²) in [6.45, 7) is 0. The Morgan fingerprint density at radius 2 is 2.17 bits per heavy atom. The van der Waals surface area contributed by atoms with Gasteiger partial charge in [-0.3, -0.25) is 0 Å². The van der Waals surface area contributed by atoms with Crippen LogP contribution >= 0.6 is 15.9 Å². The summed E-state index contributed by atoms with van der Waals surface area (Å²) < 4.78 is 18.1. The van der Waals surface area contributed by atoms with E-state index in [9.17, 15) is 4.39 Å². The first-order valence-electron chi connectivity index (χ1n) is 3.25. The molecule has 2 rings (SSSR count). The Hall–Kier alpha value is -1.03. The SMILES string of the molecule is Oc1oc(Br)c2cccc(F)c12. The molecule has 2 aromatic rings. The smallest absolute Gasteiger partial charge is 0.294 e. The predicted octanol–water partition coefficient (Wildman–Crippen LogP) is 3.04. The van der Waals surface area contributed by atoms with Crippen molar-refractivity contribution in [2.24, 2.45) is 0 Å². The van der Waals surface area contributed by atoms with Crippen LogP contribution < -0.4 is 0 Å². The summed E-state index contributed by atoms with van der Waals surface area (Å²) in [7, 11) is 0. The average Bonchev–Trinajstić information content (AvgIpc) is 2.29. The van der Waals surface area contributed by atoms with Gasteiger partial charge in [-0.15, -0.1) is 0 Å². The molecule has 1 N–H and O–H groups in total. The number of furan rings is 1. The molecule has 0 fully saturated rings. The third kappa shape index (κ3) is 0.914. The van der Waals surface area contributed by atoms with Crippen molar-refractivity contribution in [1.82, 2.24) is 0 Å². The van der Waals surface area contributed by atoms with Gasteiger partial charge in [0.15, 0.2) is 4.67 Å². The van der Waals surface area contributed by atoms with E-state index in [1.165, 1.54) is 6.07 Å². The number of fused-ring (bicyclic) bond motifs is 1. The van der Waals surface area contributed by atoms with Crippen molar-refractivity contribution < 1.29 is 13.9 Å². The van der Waals surface area contributed by atoms with Crippen LogP contribution in [0.1, 0.15) is 0 Å². The summed E-state index contributed by atoms with van der Waals surface area (Å²) in [6, 6.07) is 4.48. The molecule has 2 nitrogen and oxygen atoms in total. The van der Waals surface area contributed by atoms with Gasteiger partial charge in [0.25, 0.3) is 5.95 Å². The van der Waals surface area contributed by atoms with Crippen LogP contribution in [0.25, 0.3) is 10.8 Å². The van der Waals surface area contributed by atoms with E-state index in [-0.39, 0.29) is 5.39 Å². The molecule has 0 radical (unpaired) electrons. The Balaban J connectivity index is 2.99. The first-order valence-corrected chi connectivity index (χ1v) is 4.05. The van der Waals surface area contributed by atoms with Crippen molar-refractivity contribution in [3.05, 3.63) is 28.7 Å². The molecule has 0 aliphatic carbocycles. The summed E-state index contributed by atoms with van der Waals surface area (Å²) >= 11 is 3.06. The zero-order chi connectivity index (χ0) is 8.72. The van der Waals surface area contributed by atoms with Gasteiger partial charge in [-0.2, -0.15) is 0 Å². The van der Waals surface area contributed by atoms with Gasteiger partial charge < -0.3 is 9.52 Å². The molecule has 0 saturated carbocycles. The zero-order valence-corrected chi connectivity index (χ0v) is 7.43. The Kier molecular flexibility index (Phi) is 1.58. The highest BCUT2D eigenvalue weighted by Gasteiger charge is 2.13. The number of aromatic hydroxyl groups is 1. The van der Waals surface area contributed by atoms with E-state index in [4.69, 9.17) is 9.52 Å². The third-order valence-corrected chi connectivity index (χ3v) is 2.21.